The third-order valence-corrected chi connectivity index (χ3v) is 3.78. The van der Waals surface area contributed by atoms with Crippen molar-refractivity contribution in [1.29, 1.82) is 0 Å². The molecule has 0 fully saturated rings. The topological polar surface area (TPSA) is 98.5 Å². The molecular weight excluding hydrogens is 404 g/mol. The highest BCUT2D eigenvalue weighted by Crippen LogP contribution is 2.27. The molecule has 0 bridgehead atoms. The standard InChI is InChI=1S/C15H10BrClN2O5/c16-11-4-2-1-3-10(11)15(21)24-8-14(20)18-12-7-9(17)5-6-13(12)19(22)23/h1-7H,8H2,(H,18,20). The van der Waals surface area contributed by atoms with Crippen LogP contribution in [-0.2, 0) is 9.53 Å². The molecule has 1 N–H and O–H groups in total. The molecule has 1 amide bonds. The molecular formula is C15H10BrClN2O5. The number of nitrogens with zero attached hydrogens (tertiary/aromatic N) is 1. The lowest BCUT2D eigenvalue weighted by atomic mass is 10.2. The summed E-state index contributed by atoms with van der Waals surface area (Å²) in [6.07, 6.45) is 0. The molecule has 2 rings (SSSR count). The van der Waals surface area contributed by atoms with Crippen LogP contribution in [0.25, 0.3) is 0 Å². The molecule has 0 heterocycles. The number of carbonyl (C=O) groups excluding carboxylic acids is 2. The second-order valence-corrected chi connectivity index (χ2v) is 5.81. The van der Waals surface area contributed by atoms with E-state index in [0.29, 0.717) is 4.47 Å². The molecule has 0 atom stereocenters. The summed E-state index contributed by atoms with van der Waals surface area (Å²) in [6, 6.07) is 10.3. The van der Waals surface area contributed by atoms with Gasteiger partial charge >= 0.3 is 5.97 Å². The van der Waals surface area contributed by atoms with E-state index in [1.54, 1.807) is 18.2 Å². The number of hydrogen-bond acceptors (Lipinski definition) is 5. The lowest BCUT2D eigenvalue weighted by Gasteiger charge is -2.08. The van der Waals surface area contributed by atoms with Crippen LogP contribution in [0.5, 0.6) is 0 Å². The van der Waals surface area contributed by atoms with E-state index in [1.807, 2.05) is 0 Å². The minimum Gasteiger partial charge on any atom is -0.452 e. The van der Waals surface area contributed by atoms with Gasteiger partial charge in [0.15, 0.2) is 6.61 Å². The van der Waals surface area contributed by atoms with Crippen LogP contribution in [0.15, 0.2) is 46.9 Å². The minimum absolute atomic E-state index is 0.0746. The van der Waals surface area contributed by atoms with E-state index in [9.17, 15) is 19.7 Å². The van der Waals surface area contributed by atoms with Crippen molar-refractivity contribution < 1.29 is 19.2 Å². The van der Waals surface area contributed by atoms with Crippen LogP contribution >= 0.6 is 27.5 Å². The highest BCUT2D eigenvalue weighted by molar-refractivity contribution is 9.10. The summed E-state index contributed by atoms with van der Waals surface area (Å²) in [7, 11) is 0. The fraction of sp³-hybridized carbons (Fsp3) is 0.0667. The first-order valence-electron chi connectivity index (χ1n) is 6.54. The number of rotatable bonds is 5. The Hall–Kier alpha value is -2.45. The summed E-state index contributed by atoms with van der Waals surface area (Å²) in [4.78, 5) is 34.0. The average Bonchev–Trinajstić information content (AvgIpc) is 2.53. The number of nitro groups is 1. The molecule has 2 aromatic rings. The number of amides is 1. The Balaban J connectivity index is 2.02. The fourth-order valence-corrected chi connectivity index (χ4v) is 2.41. The summed E-state index contributed by atoms with van der Waals surface area (Å²) in [5.41, 5.74) is -0.127. The van der Waals surface area contributed by atoms with E-state index in [2.05, 4.69) is 21.2 Å². The molecule has 0 aliphatic heterocycles. The minimum atomic E-state index is -0.722. The van der Waals surface area contributed by atoms with E-state index < -0.39 is 23.4 Å². The number of nitrogens with one attached hydrogen (secondary N) is 1. The second kappa shape index (κ2) is 7.89. The van der Waals surface area contributed by atoms with E-state index in [0.717, 1.165) is 0 Å². The van der Waals surface area contributed by atoms with Crippen LogP contribution in [0.4, 0.5) is 11.4 Å². The zero-order valence-electron chi connectivity index (χ0n) is 12.0. The summed E-state index contributed by atoms with van der Waals surface area (Å²) in [5.74, 6) is -1.42. The van der Waals surface area contributed by atoms with Crippen molar-refractivity contribution in [3.05, 3.63) is 67.6 Å². The number of esters is 1. The molecule has 2 aromatic carbocycles. The van der Waals surface area contributed by atoms with Gasteiger partial charge < -0.3 is 10.1 Å². The maximum absolute atomic E-state index is 11.9. The number of ether oxygens (including phenoxy) is 1. The van der Waals surface area contributed by atoms with Crippen molar-refractivity contribution in [3.63, 3.8) is 0 Å². The molecule has 0 spiro atoms. The van der Waals surface area contributed by atoms with Gasteiger partial charge in [-0.05, 0) is 40.2 Å². The van der Waals surface area contributed by atoms with Crippen LogP contribution in [0, 0.1) is 10.1 Å². The zero-order valence-corrected chi connectivity index (χ0v) is 14.3. The SMILES string of the molecule is O=C(COC(=O)c1ccccc1Br)Nc1cc(Cl)ccc1[N+](=O)[O-]. The number of halogens is 2. The van der Waals surface area contributed by atoms with Gasteiger partial charge in [0, 0.05) is 15.6 Å². The molecule has 0 saturated heterocycles. The molecule has 0 radical (unpaired) electrons. The van der Waals surface area contributed by atoms with Crippen LogP contribution in [0.2, 0.25) is 5.02 Å². The molecule has 0 saturated carbocycles. The molecule has 0 aromatic heterocycles. The fourth-order valence-electron chi connectivity index (χ4n) is 1.79. The van der Waals surface area contributed by atoms with Crippen LogP contribution in [0.3, 0.4) is 0 Å². The van der Waals surface area contributed by atoms with E-state index >= 15 is 0 Å². The van der Waals surface area contributed by atoms with Crippen molar-refractivity contribution in [3.8, 4) is 0 Å². The van der Waals surface area contributed by atoms with Gasteiger partial charge in [0.2, 0.25) is 0 Å². The highest BCUT2D eigenvalue weighted by atomic mass is 79.9. The Morgan fingerprint density at radius 1 is 1.25 bits per heavy atom. The third kappa shape index (κ3) is 4.53. The van der Waals surface area contributed by atoms with Gasteiger partial charge in [-0.3, -0.25) is 14.9 Å². The van der Waals surface area contributed by atoms with Crippen molar-refractivity contribution in [2.24, 2.45) is 0 Å². The maximum atomic E-state index is 11.9. The number of hydrogen-bond donors (Lipinski definition) is 1. The molecule has 24 heavy (non-hydrogen) atoms. The zero-order chi connectivity index (χ0) is 17.7. The average molecular weight is 414 g/mol. The Bertz CT molecular complexity index is 812. The van der Waals surface area contributed by atoms with Gasteiger partial charge in [-0.15, -0.1) is 0 Å². The summed E-state index contributed by atoms with van der Waals surface area (Å²) >= 11 is 8.97. The normalized spacial score (nSPS) is 10.1. The summed E-state index contributed by atoms with van der Waals surface area (Å²) in [6.45, 7) is -0.593. The molecule has 9 heteroatoms. The Morgan fingerprint density at radius 3 is 2.62 bits per heavy atom. The van der Waals surface area contributed by atoms with Gasteiger partial charge in [-0.2, -0.15) is 0 Å². The number of nitro benzene ring substituents is 1. The highest BCUT2D eigenvalue weighted by Gasteiger charge is 2.18. The Kier molecular flexibility index (Phi) is 5.88. The summed E-state index contributed by atoms with van der Waals surface area (Å²) < 4.78 is 5.42. The molecule has 0 aliphatic rings. The van der Waals surface area contributed by atoms with Crippen molar-refractivity contribution in [1.82, 2.24) is 0 Å². The van der Waals surface area contributed by atoms with Gasteiger partial charge in [0.05, 0.1) is 10.5 Å². The smallest absolute Gasteiger partial charge is 0.339 e. The quantitative estimate of drug-likeness (QED) is 0.456. The lowest BCUT2D eigenvalue weighted by molar-refractivity contribution is -0.383. The van der Waals surface area contributed by atoms with Gasteiger partial charge in [-0.1, -0.05) is 23.7 Å². The first-order chi connectivity index (χ1) is 11.4. The van der Waals surface area contributed by atoms with Gasteiger partial charge in [0.25, 0.3) is 11.6 Å². The maximum Gasteiger partial charge on any atom is 0.339 e. The first kappa shape index (κ1) is 17.9. The molecule has 0 aliphatic carbocycles. The lowest BCUT2D eigenvalue weighted by Crippen LogP contribution is -2.21. The number of anilines is 1. The number of benzene rings is 2. The predicted octanol–water partition coefficient (Wildman–Crippen LogP) is 3.81. The molecule has 7 nitrogen and oxygen atoms in total. The molecule has 124 valence electrons. The number of carbonyl (C=O) groups is 2. The van der Waals surface area contributed by atoms with E-state index in [4.69, 9.17) is 16.3 Å². The third-order valence-electron chi connectivity index (χ3n) is 2.86. The van der Waals surface area contributed by atoms with E-state index in [-0.39, 0.29) is 22.0 Å². The van der Waals surface area contributed by atoms with Crippen LogP contribution in [0.1, 0.15) is 10.4 Å². The molecule has 0 unspecified atom stereocenters. The monoisotopic (exact) mass is 412 g/mol. The van der Waals surface area contributed by atoms with Crippen molar-refractivity contribution in [2.75, 3.05) is 11.9 Å². The second-order valence-electron chi connectivity index (χ2n) is 4.52. The van der Waals surface area contributed by atoms with Gasteiger partial charge in [0.1, 0.15) is 5.69 Å². The van der Waals surface area contributed by atoms with Crippen molar-refractivity contribution >= 4 is 50.8 Å². The van der Waals surface area contributed by atoms with Crippen LogP contribution in [-0.4, -0.2) is 23.4 Å². The van der Waals surface area contributed by atoms with Gasteiger partial charge in [-0.25, -0.2) is 4.79 Å². The van der Waals surface area contributed by atoms with E-state index in [1.165, 1.54) is 24.3 Å². The first-order valence-corrected chi connectivity index (χ1v) is 7.71. The predicted molar refractivity (Wildman–Crippen MR) is 91.2 cm³/mol. The Morgan fingerprint density at radius 2 is 1.96 bits per heavy atom. The largest absolute Gasteiger partial charge is 0.452 e. The Labute approximate surface area is 149 Å². The van der Waals surface area contributed by atoms with Crippen molar-refractivity contribution in [2.45, 2.75) is 0 Å². The summed E-state index contributed by atoms with van der Waals surface area (Å²) in [5, 5.41) is 13.4. The van der Waals surface area contributed by atoms with Crippen LogP contribution < -0.4 is 5.32 Å².